The Labute approximate surface area is 154 Å². The first kappa shape index (κ1) is 20.5. The summed E-state index contributed by atoms with van der Waals surface area (Å²) in [7, 11) is 3.01. The zero-order valence-electron chi connectivity index (χ0n) is 15.2. The molecule has 27 heavy (non-hydrogen) atoms. The number of alkyl halides is 3. The predicted octanol–water partition coefficient (Wildman–Crippen LogP) is 2.72. The lowest BCUT2D eigenvalue weighted by atomic mass is 10.1. The summed E-state index contributed by atoms with van der Waals surface area (Å²) in [6, 6.07) is 6.01. The van der Waals surface area contributed by atoms with E-state index in [2.05, 4.69) is 15.3 Å². The summed E-state index contributed by atoms with van der Waals surface area (Å²) in [5.41, 5.74) is -0.0399. The molecule has 1 aromatic carbocycles. The van der Waals surface area contributed by atoms with E-state index in [9.17, 15) is 18.0 Å². The molecule has 0 bridgehead atoms. The molecular formula is C18H20F3N3O3. The first-order valence-electron chi connectivity index (χ1n) is 8.12. The van der Waals surface area contributed by atoms with Gasteiger partial charge in [0, 0.05) is 18.7 Å². The third kappa shape index (κ3) is 5.83. The Bertz CT molecular complexity index is 810. The minimum absolute atomic E-state index is 0.0359. The number of nitrogens with zero attached hydrogens (tertiary/aromatic N) is 2. The molecule has 6 nitrogen and oxygen atoms in total. The Balaban J connectivity index is 1.92. The molecule has 9 heteroatoms. The number of ether oxygens (including phenoxy) is 2. The maximum atomic E-state index is 12.8. The second-order valence-corrected chi connectivity index (χ2v) is 5.77. The van der Waals surface area contributed by atoms with E-state index in [0.29, 0.717) is 11.5 Å². The average Bonchev–Trinajstić information content (AvgIpc) is 2.60. The molecule has 0 fully saturated rings. The molecule has 0 saturated heterocycles. The van der Waals surface area contributed by atoms with Gasteiger partial charge in [-0.15, -0.1) is 0 Å². The normalized spacial score (nSPS) is 11.2. The molecule has 146 valence electrons. The van der Waals surface area contributed by atoms with Crippen LogP contribution in [0.1, 0.15) is 22.8 Å². The summed E-state index contributed by atoms with van der Waals surface area (Å²) in [6.45, 7) is 1.60. The summed E-state index contributed by atoms with van der Waals surface area (Å²) >= 11 is 0. The lowest BCUT2D eigenvalue weighted by molar-refractivity contribution is -0.141. The van der Waals surface area contributed by atoms with Crippen LogP contribution < -0.4 is 14.8 Å². The van der Waals surface area contributed by atoms with Crippen LogP contribution in [0.15, 0.2) is 24.3 Å². The number of hydrogen-bond acceptors (Lipinski definition) is 5. The van der Waals surface area contributed by atoms with E-state index in [1.165, 1.54) is 21.1 Å². The van der Waals surface area contributed by atoms with E-state index >= 15 is 0 Å². The van der Waals surface area contributed by atoms with Gasteiger partial charge in [0.25, 0.3) is 0 Å². The van der Waals surface area contributed by atoms with E-state index in [4.69, 9.17) is 9.47 Å². The van der Waals surface area contributed by atoms with E-state index in [0.717, 1.165) is 11.6 Å². The van der Waals surface area contributed by atoms with Crippen molar-refractivity contribution in [1.29, 1.82) is 0 Å². The lowest BCUT2D eigenvalue weighted by Crippen LogP contribution is -2.28. The molecule has 0 radical (unpaired) electrons. The maximum Gasteiger partial charge on any atom is 0.433 e. The van der Waals surface area contributed by atoms with Crippen molar-refractivity contribution in [3.63, 3.8) is 0 Å². The number of aromatic nitrogens is 2. The molecule has 0 aliphatic heterocycles. The first-order chi connectivity index (χ1) is 12.7. The smallest absolute Gasteiger partial charge is 0.433 e. The highest BCUT2D eigenvalue weighted by atomic mass is 19.4. The van der Waals surface area contributed by atoms with Crippen LogP contribution in [0.3, 0.4) is 0 Å². The fourth-order valence-corrected chi connectivity index (χ4v) is 2.44. The molecule has 0 aliphatic carbocycles. The quantitative estimate of drug-likeness (QED) is 0.796. The van der Waals surface area contributed by atoms with E-state index in [-0.39, 0.29) is 36.8 Å². The molecule has 0 saturated carbocycles. The SMILES string of the molecule is COc1ccc(CC(=O)NCCc2nc(C)cc(C(F)(F)F)n2)cc1OC. The Kier molecular flexibility index (Phi) is 6.59. The summed E-state index contributed by atoms with van der Waals surface area (Å²) < 4.78 is 48.6. The number of nitrogens with one attached hydrogen (secondary N) is 1. The number of halogens is 3. The first-order valence-corrected chi connectivity index (χ1v) is 8.12. The topological polar surface area (TPSA) is 73.3 Å². The minimum atomic E-state index is -4.53. The third-order valence-electron chi connectivity index (χ3n) is 3.67. The molecule has 2 aromatic rings. The van der Waals surface area contributed by atoms with Crippen molar-refractivity contribution in [3.8, 4) is 11.5 Å². The molecule has 0 spiro atoms. The Morgan fingerprint density at radius 1 is 1.11 bits per heavy atom. The molecule has 1 N–H and O–H groups in total. The Hall–Kier alpha value is -2.84. The van der Waals surface area contributed by atoms with Crippen LogP contribution >= 0.6 is 0 Å². The van der Waals surface area contributed by atoms with Crippen molar-refractivity contribution in [2.45, 2.75) is 25.9 Å². The van der Waals surface area contributed by atoms with E-state index in [1.807, 2.05) is 0 Å². The highest BCUT2D eigenvalue weighted by molar-refractivity contribution is 5.78. The van der Waals surface area contributed by atoms with Gasteiger partial charge in [0.2, 0.25) is 5.91 Å². The Morgan fingerprint density at radius 3 is 2.44 bits per heavy atom. The van der Waals surface area contributed by atoms with Crippen LogP contribution in [0.25, 0.3) is 0 Å². The number of hydrogen-bond donors (Lipinski definition) is 1. The van der Waals surface area contributed by atoms with Crippen molar-refractivity contribution in [3.05, 3.63) is 47.0 Å². The van der Waals surface area contributed by atoms with Crippen molar-refractivity contribution < 1.29 is 27.4 Å². The largest absolute Gasteiger partial charge is 0.493 e. The monoisotopic (exact) mass is 383 g/mol. The highest BCUT2D eigenvalue weighted by Gasteiger charge is 2.33. The zero-order chi connectivity index (χ0) is 20.0. The van der Waals surface area contributed by atoms with Crippen molar-refractivity contribution in [2.24, 2.45) is 0 Å². The summed E-state index contributed by atoms with van der Waals surface area (Å²) in [6.07, 6.45) is -4.33. The fourth-order valence-electron chi connectivity index (χ4n) is 2.44. The number of benzene rings is 1. The number of methoxy groups -OCH3 is 2. The zero-order valence-corrected chi connectivity index (χ0v) is 15.2. The van der Waals surface area contributed by atoms with Gasteiger partial charge in [0.05, 0.1) is 20.6 Å². The van der Waals surface area contributed by atoms with Gasteiger partial charge in [-0.3, -0.25) is 4.79 Å². The van der Waals surface area contributed by atoms with Crippen molar-refractivity contribution in [1.82, 2.24) is 15.3 Å². The molecule has 2 rings (SSSR count). The maximum absolute atomic E-state index is 12.8. The number of aryl methyl sites for hydroxylation is 1. The number of rotatable bonds is 7. The molecule has 0 unspecified atom stereocenters. The van der Waals surface area contributed by atoms with Crippen molar-refractivity contribution >= 4 is 5.91 Å². The van der Waals surface area contributed by atoms with Gasteiger partial charge in [-0.2, -0.15) is 13.2 Å². The Morgan fingerprint density at radius 2 is 1.81 bits per heavy atom. The van der Waals surface area contributed by atoms with Gasteiger partial charge in [0.1, 0.15) is 11.5 Å². The molecular weight excluding hydrogens is 363 g/mol. The van der Waals surface area contributed by atoms with Crippen LogP contribution in [0.4, 0.5) is 13.2 Å². The van der Waals surface area contributed by atoms with Gasteiger partial charge >= 0.3 is 6.18 Å². The van der Waals surface area contributed by atoms with Crippen LogP contribution in [0.5, 0.6) is 11.5 Å². The molecule has 1 aromatic heterocycles. The van der Waals surface area contributed by atoms with Crippen LogP contribution in [0.2, 0.25) is 0 Å². The summed E-state index contributed by atoms with van der Waals surface area (Å²) in [4.78, 5) is 19.5. The van der Waals surface area contributed by atoms with Crippen LogP contribution in [-0.4, -0.2) is 36.6 Å². The summed E-state index contributed by atoms with van der Waals surface area (Å²) in [5, 5.41) is 2.65. The summed E-state index contributed by atoms with van der Waals surface area (Å²) in [5.74, 6) is 0.828. The molecule has 1 heterocycles. The van der Waals surface area contributed by atoms with E-state index < -0.39 is 11.9 Å². The van der Waals surface area contributed by atoms with E-state index in [1.54, 1.807) is 18.2 Å². The van der Waals surface area contributed by atoms with Gasteiger partial charge in [-0.25, -0.2) is 9.97 Å². The van der Waals surface area contributed by atoms with Crippen LogP contribution in [-0.2, 0) is 23.8 Å². The van der Waals surface area contributed by atoms with Gasteiger partial charge in [0.15, 0.2) is 11.5 Å². The number of carbonyl (C=O) groups excluding carboxylic acids is 1. The minimum Gasteiger partial charge on any atom is -0.493 e. The predicted molar refractivity (Wildman–Crippen MR) is 91.7 cm³/mol. The number of amides is 1. The third-order valence-corrected chi connectivity index (χ3v) is 3.67. The van der Waals surface area contributed by atoms with Crippen LogP contribution in [0, 0.1) is 6.92 Å². The lowest BCUT2D eigenvalue weighted by Gasteiger charge is -2.10. The van der Waals surface area contributed by atoms with Gasteiger partial charge in [-0.1, -0.05) is 6.07 Å². The molecule has 1 amide bonds. The van der Waals surface area contributed by atoms with Crippen molar-refractivity contribution in [2.75, 3.05) is 20.8 Å². The fraction of sp³-hybridized carbons (Fsp3) is 0.389. The average molecular weight is 383 g/mol. The number of carbonyl (C=O) groups is 1. The van der Waals surface area contributed by atoms with Gasteiger partial charge in [-0.05, 0) is 30.7 Å². The second-order valence-electron chi connectivity index (χ2n) is 5.77. The standard InChI is InChI=1S/C18H20F3N3O3/c1-11-8-15(18(19,20)21)24-16(23-11)6-7-22-17(25)10-12-4-5-13(26-2)14(9-12)27-3/h4-5,8-9H,6-7,10H2,1-3H3,(H,22,25). The van der Waals surface area contributed by atoms with Gasteiger partial charge < -0.3 is 14.8 Å². The second kappa shape index (κ2) is 8.70. The molecule has 0 atom stereocenters. The highest BCUT2D eigenvalue weighted by Crippen LogP contribution is 2.28. The molecule has 0 aliphatic rings.